The van der Waals surface area contributed by atoms with E-state index in [2.05, 4.69) is 10.3 Å². The van der Waals surface area contributed by atoms with Crippen LogP contribution in [-0.4, -0.2) is 20.7 Å². The second kappa shape index (κ2) is 8.71. The van der Waals surface area contributed by atoms with E-state index in [0.717, 1.165) is 28.1 Å². The molecule has 6 heteroatoms. The highest BCUT2D eigenvalue weighted by atomic mass is 35.5. The highest BCUT2D eigenvalue weighted by Crippen LogP contribution is 2.23. The van der Waals surface area contributed by atoms with Crippen LogP contribution in [-0.2, 0) is 17.8 Å². The van der Waals surface area contributed by atoms with Crippen molar-refractivity contribution in [3.63, 3.8) is 0 Å². The van der Waals surface area contributed by atoms with Crippen molar-refractivity contribution in [1.82, 2.24) is 20.1 Å². The predicted molar refractivity (Wildman–Crippen MR) is 114 cm³/mol. The zero-order valence-corrected chi connectivity index (χ0v) is 16.4. The van der Waals surface area contributed by atoms with E-state index < -0.39 is 0 Å². The Hall–Kier alpha value is -3.44. The number of para-hydroxylation sites is 1. The second-order valence-electron chi connectivity index (χ2n) is 6.60. The Morgan fingerprint density at radius 3 is 2.55 bits per heavy atom. The van der Waals surface area contributed by atoms with Crippen LogP contribution in [0.5, 0.6) is 0 Å². The van der Waals surface area contributed by atoms with Crippen LogP contribution in [0.3, 0.4) is 0 Å². The number of rotatable bonds is 6. The molecule has 0 bridgehead atoms. The number of nitrogens with one attached hydrogen (secondary N) is 1. The van der Waals surface area contributed by atoms with Crippen molar-refractivity contribution in [2.75, 3.05) is 0 Å². The van der Waals surface area contributed by atoms with Crippen LogP contribution < -0.4 is 5.32 Å². The number of hydrogen-bond acceptors (Lipinski definition) is 3. The summed E-state index contributed by atoms with van der Waals surface area (Å²) in [5.74, 6) is -0.0691. The number of benzene rings is 2. The normalized spacial score (nSPS) is 10.7. The molecule has 0 unspecified atom stereocenters. The number of pyridine rings is 1. The van der Waals surface area contributed by atoms with Crippen molar-refractivity contribution in [3.05, 3.63) is 101 Å². The molecule has 5 nitrogen and oxygen atoms in total. The molecule has 0 aliphatic carbocycles. The van der Waals surface area contributed by atoms with Crippen LogP contribution in [0.4, 0.5) is 0 Å². The van der Waals surface area contributed by atoms with E-state index in [1.54, 1.807) is 24.5 Å². The third-order valence-corrected chi connectivity index (χ3v) is 4.73. The third kappa shape index (κ3) is 4.70. The molecule has 1 amide bonds. The van der Waals surface area contributed by atoms with E-state index in [9.17, 15) is 4.79 Å². The summed E-state index contributed by atoms with van der Waals surface area (Å²) < 4.78 is 1.83. The maximum atomic E-state index is 12.4. The lowest BCUT2D eigenvalue weighted by Gasteiger charge is -2.06. The Morgan fingerprint density at radius 1 is 1.00 bits per heavy atom. The average molecular weight is 403 g/mol. The van der Waals surface area contributed by atoms with Crippen molar-refractivity contribution in [2.24, 2.45) is 0 Å². The first kappa shape index (κ1) is 18.9. The molecule has 4 aromatic rings. The van der Waals surface area contributed by atoms with Crippen LogP contribution in [0.15, 0.2) is 85.3 Å². The van der Waals surface area contributed by atoms with Gasteiger partial charge in [0, 0.05) is 41.3 Å². The summed E-state index contributed by atoms with van der Waals surface area (Å²) in [7, 11) is 0. The summed E-state index contributed by atoms with van der Waals surface area (Å²) in [6.07, 6.45) is 5.69. The Labute approximate surface area is 174 Å². The lowest BCUT2D eigenvalue weighted by Crippen LogP contribution is -2.24. The number of carbonyl (C=O) groups is 1. The minimum atomic E-state index is -0.0691. The molecule has 29 heavy (non-hydrogen) atoms. The summed E-state index contributed by atoms with van der Waals surface area (Å²) >= 11 is 6.00. The topological polar surface area (TPSA) is 59.8 Å². The lowest BCUT2D eigenvalue weighted by molar-refractivity contribution is -0.120. The molecule has 2 aromatic carbocycles. The standard InChI is InChI=1S/C23H19ClN4O/c24-20-6-4-5-17(13-20)14-22(29)26-15-19-16-28(21-7-2-1-3-8-21)27-23(19)18-9-11-25-12-10-18/h1-13,16H,14-15H2,(H,26,29). The van der Waals surface area contributed by atoms with Crippen molar-refractivity contribution < 1.29 is 4.79 Å². The van der Waals surface area contributed by atoms with Crippen LogP contribution in [0.1, 0.15) is 11.1 Å². The SMILES string of the molecule is O=C(Cc1cccc(Cl)c1)NCc1cn(-c2ccccc2)nc1-c1ccncc1. The number of aromatic nitrogens is 3. The van der Waals surface area contributed by atoms with Gasteiger partial charge in [-0.15, -0.1) is 0 Å². The van der Waals surface area contributed by atoms with Crippen molar-refractivity contribution in [2.45, 2.75) is 13.0 Å². The molecule has 0 radical (unpaired) electrons. The summed E-state index contributed by atoms with van der Waals surface area (Å²) in [6, 6.07) is 21.0. The smallest absolute Gasteiger partial charge is 0.224 e. The van der Waals surface area contributed by atoms with Gasteiger partial charge in [-0.2, -0.15) is 5.10 Å². The molecule has 0 spiro atoms. The first-order valence-electron chi connectivity index (χ1n) is 9.24. The van der Waals surface area contributed by atoms with Gasteiger partial charge in [0.25, 0.3) is 0 Å². The van der Waals surface area contributed by atoms with E-state index in [-0.39, 0.29) is 12.3 Å². The van der Waals surface area contributed by atoms with Crippen LogP contribution in [0.2, 0.25) is 5.02 Å². The van der Waals surface area contributed by atoms with Gasteiger partial charge in [0.05, 0.1) is 17.8 Å². The molecule has 1 N–H and O–H groups in total. The highest BCUT2D eigenvalue weighted by Gasteiger charge is 2.13. The van der Waals surface area contributed by atoms with Gasteiger partial charge in [-0.05, 0) is 42.0 Å². The van der Waals surface area contributed by atoms with E-state index >= 15 is 0 Å². The van der Waals surface area contributed by atoms with Gasteiger partial charge in [0.15, 0.2) is 0 Å². The zero-order valence-electron chi connectivity index (χ0n) is 15.6. The summed E-state index contributed by atoms with van der Waals surface area (Å²) in [5.41, 5.74) is 4.54. The Bertz CT molecular complexity index is 1110. The maximum absolute atomic E-state index is 12.4. The van der Waals surface area contributed by atoms with E-state index in [1.807, 2.05) is 65.5 Å². The number of amides is 1. The fourth-order valence-electron chi connectivity index (χ4n) is 3.09. The molecule has 0 aliphatic rings. The predicted octanol–water partition coefficient (Wildman–Crippen LogP) is 4.45. The van der Waals surface area contributed by atoms with Gasteiger partial charge < -0.3 is 5.32 Å². The van der Waals surface area contributed by atoms with Crippen molar-refractivity contribution in [3.8, 4) is 16.9 Å². The minimum Gasteiger partial charge on any atom is -0.352 e. The van der Waals surface area contributed by atoms with Crippen LogP contribution >= 0.6 is 11.6 Å². The van der Waals surface area contributed by atoms with E-state index in [4.69, 9.17) is 16.7 Å². The van der Waals surface area contributed by atoms with E-state index in [1.165, 1.54) is 0 Å². The third-order valence-electron chi connectivity index (χ3n) is 4.49. The quantitative estimate of drug-likeness (QED) is 0.518. The van der Waals surface area contributed by atoms with Crippen LogP contribution in [0, 0.1) is 0 Å². The molecule has 0 aliphatic heterocycles. The first-order valence-corrected chi connectivity index (χ1v) is 9.62. The Kier molecular flexibility index (Phi) is 5.68. The lowest BCUT2D eigenvalue weighted by atomic mass is 10.1. The molecule has 0 saturated heterocycles. The van der Waals surface area contributed by atoms with Gasteiger partial charge in [0.1, 0.15) is 0 Å². The summed E-state index contributed by atoms with van der Waals surface area (Å²) in [4.78, 5) is 16.5. The van der Waals surface area contributed by atoms with Crippen molar-refractivity contribution in [1.29, 1.82) is 0 Å². The molecule has 2 aromatic heterocycles. The molecular formula is C23H19ClN4O. The molecule has 2 heterocycles. The largest absolute Gasteiger partial charge is 0.352 e. The Balaban J connectivity index is 1.55. The maximum Gasteiger partial charge on any atom is 0.224 e. The summed E-state index contributed by atoms with van der Waals surface area (Å²) in [5, 5.41) is 8.36. The molecule has 4 rings (SSSR count). The fourth-order valence-corrected chi connectivity index (χ4v) is 3.31. The van der Waals surface area contributed by atoms with Gasteiger partial charge in [-0.25, -0.2) is 4.68 Å². The average Bonchev–Trinajstić information content (AvgIpc) is 3.18. The zero-order chi connectivity index (χ0) is 20.1. The molecule has 0 atom stereocenters. The second-order valence-corrected chi connectivity index (χ2v) is 7.04. The number of halogens is 1. The van der Waals surface area contributed by atoms with Gasteiger partial charge >= 0.3 is 0 Å². The number of carbonyl (C=O) groups excluding carboxylic acids is 1. The monoisotopic (exact) mass is 402 g/mol. The highest BCUT2D eigenvalue weighted by molar-refractivity contribution is 6.30. The van der Waals surface area contributed by atoms with Gasteiger partial charge in [-0.1, -0.05) is 41.9 Å². The molecule has 0 saturated carbocycles. The van der Waals surface area contributed by atoms with Gasteiger partial charge in [-0.3, -0.25) is 9.78 Å². The molecular weight excluding hydrogens is 384 g/mol. The molecule has 144 valence electrons. The molecule has 0 fully saturated rings. The number of hydrogen-bond donors (Lipinski definition) is 1. The first-order chi connectivity index (χ1) is 14.2. The van der Waals surface area contributed by atoms with Gasteiger partial charge in [0.2, 0.25) is 5.91 Å². The van der Waals surface area contributed by atoms with E-state index in [0.29, 0.717) is 11.6 Å². The minimum absolute atomic E-state index is 0.0691. The summed E-state index contributed by atoms with van der Waals surface area (Å²) in [6.45, 7) is 0.379. The van der Waals surface area contributed by atoms with Crippen LogP contribution in [0.25, 0.3) is 16.9 Å². The number of nitrogens with zero attached hydrogens (tertiary/aromatic N) is 3. The van der Waals surface area contributed by atoms with Crippen molar-refractivity contribution >= 4 is 17.5 Å². The Morgan fingerprint density at radius 2 is 1.79 bits per heavy atom. The fraction of sp³-hybridized carbons (Fsp3) is 0.0870.